The van der Waals surface area contributed by atoms with Crippen LogP contribution in [0.25, 0.3) is 11.1 Å². The van der Waals surface area contributed by atoms with Gasteiger partial charge in [-0.1, -0.05) is 18.2 Å². The summed E-state index contributed by atoms with van der Waals surface area (Å²) in [4.78, 5) is 49.7. The number of hydrogen-bond donors (Lipinski definition) is 2. The van der Waals surface area contributed by atoms with Crippen molar-refractivity contribution < 1.29 is 33.6 Å². The van der Waals surface area contributed by atoms with Crippen LogP contribution >= 0.6 is 0 Å². The molecule has 0 spiro atoms. The predicted octanol–water partition coefficient (Wildman–Crippen LogP) is 6.19. The highest BCUT2D eigenvalue weighted by Crippen LogP contribution is 2.45. The zero-order chi connectivity index (χ0) is 34.0. The van der Waals surface area contributed by atoms with E-state index in [1.54, 1.807) is 39.1 Å². The molecule has 14 nitrogen and oxygen atoms in total. The summed E-state index contributed by atoms with van der Waals surface area (Å²) in [6.07, 6.45) is 0. The monoisotopic (exact) mass is 641 g/mol. The topological polar surface area (TPSA) is 175 Å². The number of nitrogens with one attached hydrogen (secondary N) is 2. The van der Waals surface area contributed by atoms with Crippen molar-refractivity contribution in [2.75, 3.05) is 36.8 Å². The standard InChI is InChI=1S/C33H31N5O9/c1-33(2)32(40)36(3)30-24(18-47-29-17-20(37(41)42)11-15-27(29)45-4)21(13-14-25(30)35-33)22-12-10-19(16-28(22)46-5)34-31(39)23-8-6-7-9-26(23)38(43)44/h6-17,35H,18H2,1-5H3,(H,34,39). The summed E-state index contributed by atoms with van der Waals surface area (Å²) in [5, 5.41) is 28.9. The highest BCUT2D eigenvalue weighted by Gasteiger charge is 2.39. The predicted molar refractivity (Wildman–Crippen MR) is 175 cm³/mol. The lowest BCUT2D eigenvalue weighted by molar-refractivity contribution is -0.385. The van der Waals surface area contributed by atoms with Gasteiger partial charge in [-0.05, 0) is 49.7 Å². The Bertz CT molecular complexity index is 1920. The van der Waals surface area contributed by atoms with Crippen LogP contribution in [0.5, 0.6) is 17.2 Å². The van der Waals surface area contributed by atoms with E-state index in [0.717, 1.165) is 0 Å². The van der Waals surface area contributed by atoms with Gasteiger partial charge in [0, 0.05) is 42.1 Å². The minimum atomic E-state index is -0.893. The summed E-state index contributed by atoms with van der Waals surface area (Å²) in [6, 6.07) is 18.2. The number of carbonyl (C=O) groups is 2. The zero-order valence-electron chi connectivity index (χ0n) is 26.2. The number of fused-ring (bicyclic) bond motifs is 1. The fourth-order valence-corrected chi connectivity index (χ4v) is 5.49. The first-order valence-corrected chi connectivity index (χ1v) is 14.3. The molecule has 1 aliphatic rings. The Morgan fingerprint density at radius 1 is 0.894 bits per heavy atom. The van der Waals surface area contributed by atoms with Crippen molar-refractivity contribution in [2.45, 2.75) is 26.0 Å². The minimum absolute atomic E-state index is 0.102. The van der Waals surface area contributed by atoms with Gasteiger partial charge in [-0.15, -0.1) is 0 Å². The van der Waals surface area contributed by atoms with Gasteiger partial charge >= 0.3 is 0 Å². The number of nitro benzene ring substituents is 2. The first-order chi connectivity index (χ1) is 22.4. The summed E-state index contributed by atoms with van der Waals surface area (Å²) in [7, 11) is 4.53. The molecule has 0 aromatic heterocycles. The van der Waals surface area contributed by atoms with Crippen molar-refractivity contribution in [3.8, 4) is 28.4 Å². The number of rotatable bonds is 10. The largest absolute Gasteiger partial charge is 0.496 e. The molecule has 0 radical (unpaired) electrons. The van der Waals surface area contributed by atoms with E-state index in [-0.39, 0.29) is 41.0 Å². The highest BCUT2D eigenvalue weighted by molar-refractivity contribution is 6.09. The van der Waals surface area contributed by atoms with Crippen molar-refractivity contribution in [1.82, 2.24) is 0 Å². The van der Waals surface area contributed by atoms with Gasteiger partial charge in [-0.3, -0.25) is 29.8 Å². The number of nitro groups is 2. The van der Waals surface area contributed by atoms with Crippen LogP contribution in [-0.4, -0.2) is 48.5 Å². The van der Waals surface area contributed by atoms with E-state index in [2.05, 4.69) is 10.6 Å². The Morgan fingerprint density at radius 3 is 2.28 bits per heavy atom. The fraction of sp³-hybridized carbons (Fsp3) is 0.212. The Balaban J connectivity index is 1.59. The number of benzene rings is 4. The number of ether oxygens (including phenoxy) is 3. The van der Waals surface area contributed by atoms with E-state index in [1.165, 1.54) is 61.6 Å². The van der Waals surface area contributed by atoms with Crippen molar-refractivity contribution in [1.29, 1.82) is 0 Å². The van der Waals surface area contributed by atoms with Crippen LogP contribution in [0.2, 0.25) is 0 Å². The summed E-state index contributed by atoms with van der Waals surface area (Å²) in [5.74, 6) is -0.117. The normalized spacial score (nSPS) is 13.2. The van der Waals surface area contributed by atoms with Crippen molar-refractivity contribution in [3.05, 3.63) is 104 Å². The van der Waals surface area contributed by atoms with Gasteiger partial charge in [0.25, 0.3) is 23.2 Å². The van der Waals surface area contributed by atoms with Gasteiger partial charge in [0.1, 0.15) is 23.5 Å². The molecule has 2 amide bonds. The van der Waals surface area contributed by atoms with Crippen LogP contribution in [0, 0.1) is 20.2 Å². The molecule has 14 heteroatoms. The van der Waals surface area contributed by atoms with E-state index in [9.17, 15) is 29.8 Å². The smallest absolute Gasteiger partial charge is 0.282 e. The molecule has 0 atom stereocenters. The average molecular weight is 642 g/mol. The molecule has 0 aliphatic carbocycles. The van der Waals surface area contributed by atoms with Crippen LogP contribution in [0.4, 0.5) is 28.4 Å². The van der Waals surface area contributed by atoms with E-state index in [0.29, 0.717) is 39.5 Å². The van der Waals surface area contributed by atoms with Gasteiger partial charge in [-0.25, -0.2) is 0 Å². The number of hydrogen-bond acceptors (Lipinski definition) is 10. The van der Waals surface area contributed by atoms with Gasteiger partial charge in [0.15, 0.2) is 11.5 Å². The van der Waals surface area contributed by atoms with E-state index in [1.807, 2.05) is 12.1 Å². The summed E-state index contributed by atoms with van der Waals surface area (Å²) in [6.45, 7) is 3.41. The molecule has 5 rings (SSSR count). The van der Waals surface area contributed by atoms with Crippen LogP contribution in [-0.2, 0) is 11.4 Å². The Hall–Kier alpha value is -6.18. The Kier molecular flexibility index (Phi) is 8.69. The summed E-state index contributed by atoms with van der Waals surface area (Å²) < 4.78 is 17.2. The van der Waals surface area contributed by atoms with Crippen LogP contribution in [0.15, 0.2) is 72.8 Å². The number of methoxy groups -OCH3 is 2. The summed E-state index contributed by atoms with van der Waals surface area (Å²) in [5.41, 5.74) is 1.76. The molecule has 0 fully saturated rings. The number of amides is 2. The van der Waals surface area contributed by atoms with Crippen molar-refractivity contribution in [3.63, 3.8) is 0 Å². The third-order valence-electron chi connectivity index (χ3n) is 7.73. The number of carbonyl (C=O) groups excluding carboxylic acids is 2. The van der Waals surface area contributed by atoms with Crippen LogP contribution in [0.3, 0.4) is 0 Å². The maximum absolute atomic E-state index is 13.4. The first kappa shape index (κ1) is 32.2. The van der Waals surface area contributed by atoms with Crippen LogP contribution in [0.1, 0.15) is 29.8 Å². The van der Waals surface area contributed by atoms with Gasteiger partial charge < -0.3 is 29.7 Å². The third-order valence-corrected chi connectivity index (χ3v) is 7.73. The molecule has 1 aliphatic heterocycles. The lowest BCUT2D eigenvalue weighted by atomic mass is 9.91. The van der Waals surface area contributed by atoms with Crippen molar-refractivity contribution in [2.24, 2.45) is 0 Å². The maximum Gasteiger partial charge on any atom is 0.282 e. The molecule has 4 aromatic carbocycles. The maximum atomic E-state index is 13.4. The van der Waals surface area contributed by atoms with E-state index in [4.69, 9.17) is 14.2 Å². The number of nitrogens with zero attached hydrogens (tertiary/aromatic N) is 3. The van der Waals surface area contributed by atoms with Crippen LogP contribution < -0.4 is 29.7 Å². The second kappa shape index (κ2) is 12.7. The minimum Gasteiger partial charge on any atom is -0.496 e. The van der Waals surface area contributed by atoms with Gasteiger partial charge in [-0.2, -0.15) is 0 Å². The molecule has 0 unspecified atom stereocenters. The first-order valence-electron chi connectivity index (χ1n) is 14.3. The summed E-state index contributed by atoms with van der Waals surface area (Å²) >= 11 is 0. The second-order valence-electron chi connectivity index (χ2n) is 11.1. The molecule has 1 heterocycles. The van der Waals surface area contributed by atoms with E-state index >= 15 is 0 Å². The average Bonchev–Trinajstić information content (AvgIpc) is 3.05. The quantitative estimate of drug-likeness (QED) is 0.150. The molecule has 0 saturated heterocycles. The SMILES string of the molecule is COc1ccc([N+](=O)[O-])cc1OCc1c(-c2ccc(NC(=O)c3ccccc3[N+](=O)[O-])cc2OC)ccc2c1N(C)C(=O)C(C)(C)N2. The molecule has 0 saturated carbocycles. The fourth-order valence-electron chi connectivity index (χ4n) is 5.49. The number of likely N-dealkylation sites (N-methyl/N-ethyl adjacent to an activating group) is 1. The van der Waals surface area contributed by atoms with Crippen molar-refractivity contribution >= 4 is 40.3 Å². The number of para-hydroxylation sites is 1. The third kappa shape index (κ3) is 6.20. The molecular formula is C33H31N5O9. The second-order valence-corrected chi connectivity index (χ2v) is 11.1. The Morgan fingerprint density at radius 2 is 1.60 bits per heavy atom. The molecule has 47 heavy (non-hydrogen) atoms. The Labute approximate surface area is 269 Å². The molecule has 2 N–H and O–H groups in total. The van der Waals surface area contributed by atoms with Gasteiger partial charge in [0.2, 0.25) is 0 Å². The number of non-ortho nitro benzene ring substituents is 1. The highest BCUT2D eigenvalue weighted by atomic mass is 16.6. The molecular weight excluding hydrogens is 610 g/mol. The van der Waals surface area contributed by atoms with Gasteiger partial charge in [0.05, 0.1) is 41.5 Å². The lowest BCUT2D eigenvalue weighted by Crippen LogP contribution is -2.52. The van der Waals surface area contributed by atoms with E-state index < -0.39 is 21.3 Å². The molecule has 0 bridgehead atoms. The molecule has 4 aromatic rings. The molecule has 242 valence electrons. The lowest BCUT2D eigenvalue weighted by Gasteiger charge is -2.39. The zero-order valence-corrected chi connectivity index (χ0v) is 26.2. The number of anilines is 3.